The molecule has 0 aliphatic heterocycles. The van der Waals surface area contributed by atoms with Crippen LogP contribution in [0.4, 0.5) is 0 Å². The van der Waals surface area contributed by atoms with Crippen LogP contribution in [-0.2, 0) is 32.0 Å². The predicted molar refractivity (Wildman–Crippen MR) is 152 cm³/mol. The van der Waals surface area contributed by atoms with Gasteiger partial charge in [0.1, 0.15) is 18.1 Å². The number of hydrogen-bond donors (Lipinski definition) is 6. The molecule has 10 nitrogen and oxygen atoms in total. The van der Waals surface area contributed by atoms with Crippen molar-refractivity contribution in [2.45, 2.75) is 50.4 Å². The molecule has 0 spiro atoms. The Morgan fingerprint density at radius 3 is 2.26 bits per heavy atom. The highest BCUT2D eigenvalue weighted by Crippen LogP contribution is 2.19. The predicted octanol–water partition coefficient (Wildman–Crippen LogP) is 1.59. The van der Waals surface area contributed by atoms with Gasteiger partial charge in [-0.2, -0.15) is 11.8 Å². The maximum atomic E-state index is 13.2. The van der Waals surface area contributed by atoms with Crippen molar-refractivity contribution in [3.8, 4) is 0 Å². The van der Waals surface area contributed by atoms with Crippen molar-refractivity contribution in [1.82, 2.24) is 20.9 Å². The first kappa shape index (κ1) is 29.7. The molecule has 4 unspecified atom stereocenters. The molecule has 39 heavy (non-hydrogen) atoms. The highest BCUT2D eigenvalue weighted by molar-refractivity contribution is 7.98. The normalized spacial score (nSPS) is 14.1. The third-order valence-corrected chi connectivity index (χ3v) is 6.99. The van der Waals surface area contributed by atoms with Crippen LogP contribution in [0.25, 0.3) is 10.9 Å². The van der Waals surface area contributed by atoms with Crippen LogP contribution in [0.5, 0.6) is 0 Å². The van der Waals surface area contributed by atoms with E-state index in [4.69, 9.17) is 5.73 Å². The van der Waals surface area contributed by atoms with Gasteiger partial charge in [0.25, 0.3) is 0 Å². The quantitative estimate of drug-likeness (QED) is 0.176. The summed E-state index contributed by atoms with van der Waals surface area (Å²) >= 11 is 1.47. The van der Waals surface area contributed by atoms with E-state index in [1.54, 1.807) is 0 Å². The number of carboxylic acids is 1. The number of hydrogen-bond acceptors (Lipinski definition) is 6. The van der Waals surface area contributed by atoms with E-state index in [0.29, 0.717) is 5.75 Å². The molecule has 7 N–H and O–H groups in total. The molecule has 0 fully saturated rings. The molecule has 0 aliphatic rings. The topological polar surface area (TPSA) is 166 Å². The van der Waals surface area contributed by atoms with Crippen LogP contribution < -0.4 is 21.7 Å². The number of carbonyl (C=O) groups excluding carboxylic acids is 3. The molecular formula is C28H35N5O5S. The lowest BCUT2D eigenvalue weighted by molar-refractivity contribution is -0.142. The molecule has 0 saturated heterocycles. The number of rotatable bonds is 14. The molecular weight excluding hydrogens is 518 g/mol. The average Bonchev–Trinajstić information content (AvgIpc) is 3.33. The smallest absolute Gasteiger partial charge is 0.326 e. The Kier molecular flexibility index (Phi) is 10.9. The van der Waals surface area contributed by atoms with Crippen LogP contribution in [0.1, 0.15) is 24.5 Å². The summed E-state index contributed by atoms with van der Waals surface area (Å²) in [5.74, 6) is -2.30. The molecule has 208 valence electrons. The fourth-order valence-electron chi connectivity index (χ4n) is 4.14. The molecule has 1 aromatic heterocycles. The molecule has 0 aliphatic carbocycles. The minimum atomic E-state index is -1.14. The highest BCUT2D eigenvalue weighted by Gasteiger charge is 2.28. The molecule has 4 atom stereocenters. The zero-order valence-electron chi connectivity index (χ0n) is 22.0. The number of aromatic amines is 1. The second-order valence-electron chi connectivity index (χ2n) is 9.33. The molecule has 0 saturated carbocycles. The van der Waals surface area contributed by atoms with Crippen molar-refractivity contribution in [1.29, 1.82) is 0 Å². The minimum absolute atomic E-state index is 0.179. The van der Waals surface area contributed by atoms with Crippen LogP contribution in [0.3, 0.4) is 0 Å². The van der Waals surface area contributed by atoms with Crippen LogP contribution >= 0.6 is 11.8 Å². The summed E-state index contributed by atoms with van der Waals surface area (Å²) in [5.41, 5.74) is 8.87. The molecule has 1 heterocycles. The second kappa shape index (κ2) is 14.4. The van der Waals surface area contributed by atoms with E-state index in [2.05, 4.69) is 20.9 Å². The van der Waals surface area contributed by atoms with Crippen LogP contribution in [-0.4, -0.2) is 70.0 Å². The van der Waals surface area contributed by atoms with Crippen LogP contribution in [0.15, 0.2) is 60.8 Å². The Morgan fingerprint density at radius 2 is 1.56 bits per heavy atom. The molecule has 0 bridgehead atoms. The van der Waals surface area contributed by atoms with Crippen molar-refractivity contribution in [2.75, 3.05) is 12.0 Å². The minimum Gasteiger partial charge on any atom is -0.480 e. The Morgan fingerprint density at radius 1 is 0.897 bits per heavy atom. The molecule has 3 rings (SSSR count). The number of carbonyl (C=O) groups is 4. The third-order valence-electron chi connectivity index (χ3n) is 6.34. The van der Waals surface area contributed by atoms with Gasteiger partial charge in [-0.25, -0.2) is 4.79 Å². The number of fused-ring (bicyclic) bond motifs is 1. The van der Waals surface area contributed by atoms with Gasteiger partial charge in [-0.05, 0) is 49.0 Å². The summed E-state index contributed by atoms with van der Waals surface area (Å²) in [6.45, 7) is 1.46. The van der Waals surface area contributed by atoms with Crippen molar-refractivity contribution in [3.05, 3.63) is 71.9 Å². The lowest BCUT2D eigenvalue weighted by Gasteiger charge is -2.23. The van der Waals surface area contributed by atoms with E-state index in [1.165, 1.54) is 18.7 Å². The fourth-order valence-corrected chi connectivity index (χ4v) is 4.61. The Bertz CT molecular complexity index is 1280. The number of nitrogens with two attached hydrogens (primary N) is 1. The summed E-state index contributed by atoms with van der Waals surface area (Å²) < 4.78 is 0. The number of carboxylic acid groups (broad SMARTS) is 1. The monoisotopic (exact) mass is 553 g/mol. The Labute approximate surface area is 231 Å². The Balaban J connectivity index is 1.68. The summed E-state index contributed by atoms with van der Waals surface area (Å²) in [4.78, 5) is 53.6. The van der Waals surface area contributed by atoms with Crippen molar-refractivity contribution in [2.24, 2.45) is 5.73 Å². The highest BCUT2D eigenvalue weighted by atomic mass is 32.2. The number of para-hydroxylation sites is 1. The van der Waals surface area contributed by atoms with Crippen LogP contribution in [0.2, 0.25) is 0 Å². The maximum absolute atomic E-state index is 13.2. The SMILES string of the molecule is CSCCC(NC(=O)C(C)NC(=O)C(Cc1ccccc1)NC(=O)C(N)Cc1c[nH]c2ccccc12)C(=O)O. The summed E-state index contributed by atoms with van der Waals surface area (Å²) in [5, 5.41) is 18.2. The molecule has 3 aromatic rings. The van der Waals surface area contributed by atoms with E-state index < -0.39 is 47.9 Å². The van der Waals surface area contributed by atoms with Gasteiger partial charge in [0.15, 0.2) is 0 Å². The van der Waals surface area contributed by atoms with E-state index in [9.17, 15) is 24.3 Å². The van der Waals surface area contributed by atoms with Gasteiger partial charge in [0.2, 0.25) is 17.7 Å². The van der Waals surface area contributed by atoms with Gasteiger partial charge < -0.3 is 31.8 Å². The van der Waals surface area contributed by atoms with E-state index in [-0.39, 0.29) is 19.3 Å². The molecule has 2 aromatic carbocycles. The van der Waals surface area contributed by atoms with Crippen LogP contribution in [0, 0.1) is 0 Å². The summed E-state index contributed by atoms with van der Waals surface area (Å²) in [6, 6.07) is 12.8. The van der Waals surface area contributed by atoms with E-state index in [0.717, 1.165) is 22.0 Å². The first-order valence-electron chi connectivity index (χ1n) is 12.7. The number of benzene rings is 2. The Hall–Kier alpha value is -3.83. The third kappa shape index (κ3) is 8.59. The van der Waals surface area contributed by atoms with Gasteiger partial charge in [-0.3, -0.25) is 14.4 Å². The standard InChI is InChI=1S/C28H35N5O5S/c1-17(25(34)32-23(28(37)38)12-13-39-2)31-27(36)24(14-18-8-4-3-5-9-18)33-26(35)21(29)15-19-16-30-22-11-7-6-10-20(19)22/h3-11,16-17,21,23-24,30H,12-15,29H2,1-2H3,(H,31,36)(H,32,34)(H,33,35)(H,37,38). The average molecular weight is 554 g/mol. The van der Waals surface area contributed by atoms with Gasteiger partial charge in [-0.15, -0.1) is 0 Å². The molecule has 0 radical (unpaired) electrons. The lowest BCUT2D eigenvalue weighted by Crippen LogP contribution is -2.57. The zero-order valence-corrected chi connectivity index (χ0v) is 22.8. The van der Waals surface area contributed by atoms with Gasteiger partial charge in [0, 0.05) is 23.5 Å². The number of thioether (sulfide) groups is 1. The molecule has 11 heteroatoms. The fraction of sp³-hybridized carbons (Fsp3) is 0.357. The number of amides is 3. The molecule has 3 amide bonds. The number of aliphatic carboxylic acids is 1. The maximum Gasteiger partial charge on any atom is 0.326 e. The van der Waals surface area contributed by atoms with Gasteiger partial charge >= 0.3 is 5.97 Å². The zero-order chi connectivity index (χ0) is 28.4. The summed E-state index contributed by atoms with van der Waals surface area (Å²) in [6.07, 6.45) is 4.36. The lowest BCUT2D eigenvalue weighted by atomic mass is 10.0. The van der Waals surface area contributed by atoms with E-state index >= 15 is 0 Å². The second-order valence-corrected chi connectivity index (χ2v) is 10.3. The van der Waals surface area contributed by atoms with Crippen molar-refractivity contribution in [3.63, 3.8) is 0 Å². The van der Waals surface area contributed by atoms with Crippen molar-refractivity contribution >= 4 is 46.4 Å². The largest absolute Gasteiger partial charge is 0.480 e. The first-order valence-corrected chi connectivity index (χ1v) is 14.1. The summed E-state index contributed by atoms with van der Waals surface area (Å²) in [7, 11) is 0. The number of aromatic nitrogens is 1. The van der Waals surface area contributed by atoms with Crippen molar-refractivity contribution < 1.29 is 24.3 Å². The van der Waals surface area contributed by atoms with Gasteiger partial charge in [0.05, 0.1) is 6.04 Å². The number of nitrogens with one attached hydrogen (secondary N) is 4. The number of H-pyrrole nitrogens is 1. The van der Waals surface area contributed by atoms with Gasteiger partial charge in [-0.1, -0.05) is 48.5 Å². The first-order chi connectivity index (χ1) is 18.7. The van der Waals surface area contributed by atoms with E-state index in [1.807, 2.05) is 67.0 Å².